The predicted octanol–water partition coefficient (Wildman–Crippen LogP) is 4.32. The van der Waals surface area contributed by atoms with Crippen molar-refractivity contribution < 1.29 is 9.59 Å². The number of hydrogen-bond acceptors (Lipinski definition) is 4. The summed E-state index contributed by atoms with van der Waals surface area (Å²) < 4.78 is 1.57. The Balaban J connectivity index is 1.31. The fraction of sp³-hybridized carbons (Fsp3) is 0.259. The first kappa shape index (κ1) is 21.8. The first-order valence-corrected chi connectivity index (χ1v) is 11.6. The summed E-state index contributed by atoms with van der Waals surface area (Å²) >= 11 is 0. The van der Waals surface area contributed by atoms with Crippen molar-refractivity contribution in [3.05, 3.63) is 89.9 Å². The van der Waals surface area contributed by atoms with Gasteiger partial charge in [-0.3, -0.25) is 19.3 Å². The van der Waals surface area contributed by atoms with E-state index in [-0.39, 0.29) is 11.8 Å². The van der Waals surface area contributed by atoms with Crippen molar-refractivity contribution in [1.82, 2.24) is 19.7 Å². The van der Waals surface area contributed by atoms with Gasteiger partial charge in [-0.05, 0) is 55.0 Å². The minimum atomic E-state index is -0.333. The monoisotopic (exact) mass is 453 g/mol. The molecule has 1 aliphatic rings. The van der Waals surface area contributed by atoms with E-state index in [4.69, 9.17) is 0 Å². The largest absolute Gasteiger partial charge is 0.338 e. The van der Waals surface area contributed by atoms with Crippen molar-refractivity contribution in [2.75, 3.05) is 18.4 Å². The van der Waals surface area contributed by atoms with Gasteiger partial charge in [-0.15, -0.1) is 0 Å². The van der Waals surface area contributed by atoms with Gasteiger partial charge in [-0.2, -0.15) is 5.10 Å². The maximum absolute atomic E-state index is 13.5. The van der Waals surface area contributed by atoms with E-state index in [2.05, 4.69) is 39.7 Å². The molecule has 0 unspecified atom stereocenters. The molecule has 1 saturated heterocycles. The van der Waals surface area contributed by atoms with Crippen molar-refractivity contribution in [3.63, 3.8) is 0 Å². The summed E-state index contributed by atoms with van der Waals surface area (Å²) in [4.78, 5) is 32.6. The molecular weight excluding hydrogens is 426 g/mol. The van der Waals surface area contributed by atoms with E-state index in [9.17, 15) is 9.59 Å². The number of aryl methyl sites for hydroxylation is 1. The van der Waals surface area contributed by atoms with Crippen LogP contribution >= 0.6 is 0 Å². The number of nitrogens with zero attached hydrogens (tertiary/aromatic N) is 4. The standard InChI is InChI=1S/C27H27N5O2/c1-31-16-13-24(30-31)26(33)29-23-12-3-2-11-22(23)27(34)32-15-6-7-19(18-32)17-21-9-4-8-20-10-5-14-28-25(20)21/h2-5,8-14,16,19H,6-7,15,17-18H2,1H3,(H,29,33)/t19-/m0/s1. The second-order valence-electron chi connectivity index (χ2n) is 8.83. The molecule has 0 aliphatic carbocycles. The molecule has 1 N–H and O–H groups in total. The average Bonchev–Trinajstić information content (AvgIpc) is 3.31. The third-order valence-corrected chi connectivity index (χ3v) is 6.38. The Labute approximate surface area is 198 Å². The minimum Gasteiger partial charge on any atom is -0.338 e. The highest BCUT2D eigenvalue weighted by atomic mass is 16.2. The summed E-state index contributed by atoms with van der Waals surface area (Å²) in [5.74, 6) is -0.0286. The van der Waals surface area contributed by atoms with E-state index in [0.29, 0.717) is 36.0 Å². The van der Waals surface area contributed by atoms with Crippen molar-refractivity contribution in [1.29, 1.82) is 0 Å². The molecule has 0 spiro atoms. The smallest absolute Gasteiger partial charge is 0.276 e. The topological polar surface area (TPSA) is 80.1 Å². The lowest BCUT2D eigenvalue weighted by Crippen LogP contribution is -2.40. The van der Waals surface area contributed by atoms with Gasteiger partial charge in [0.1, 0.15) is 0 Å². The molecule has 4 aromatic rings. The number of carbonyl (C=O) groups excluding carboxylic acids is 2. The fourth-order valence-corrected chi connectivity index (χ4v) is 4.73. The van der Waals surface area contributed by atoms with Crippen LogP contribution in [0.15, 0.2) is 73.1 Å². The van der Waals surface area contributed by atoms with Crippen molar-refractivity contribution in [2.45, 2.75) is 19.3 Å². The Kier molecular flexibility index (Phi) is 6.08. The van der Waals surface area contributed by atoms with Gasteiger partial charge >= 0.3 is 0 Å². The van der Waals surface area contributed by atoms with Crippen LogP contribution in [0.2, 0.25) is 0 Å². The lowest BCUT2D eigenvalue weighted by Gasteiger charge is -2.33. The number of amides is 2. The summed E-state index contributed by atoms with van der Waals surface area (Å²) in [7, 11) is 1.76. The Hall–Kier alpha value is -4.00. The maximum Gasteiger partial charge on any atom is 0.276 e. The SMILES string of the molecule is Cn1ccc(C(=O)Nc2ccccc2C(=O)N2CCC[C@@H](Cc3cccc4cccnc34)C2)n1. The number of carbonyl (C=O) groups is 2. The number of nitrogens with one attached hydrogen (secondary N) is 1. The Morgan fingerprint density at radius 2 is 1.91 bits per heavy atom. The number of hydrogen-bond donors (Lipinski definition) is 1. The molecule has 1 atom stereocenters. The first-order valence-electron chi connectivity index (χ1n) is 11.6. The van der Waals surface area contributed by atoms with E-state index < -0.39 is 0 Å². The van der Waals surface area contributed by atoms with Gasteiger partial charge in [0.15, 0.2) is 5.69 Å². The summed E-state index contributed by atoms with van der Waals surface area (Å²) in [5, 5.41) is 8.15. The molecular formula is C27H27N5O2. The molecule has 1 fully saturated rings. The predicted molar refractivity (Wildman–Crippen MR) is 132 cm³/mol. The number of benzene rings is 2. The highest BCUT2D eigenvalue weighted by Crippen LogP contribution is 2.27. The lowest BCUT2D eigenvalue weighted by atomic mass is 9.90. The number of fused-ring (bicyclic) bond motifs is 1. The van der Waals surface area contributed by atoms with Gasteiger partial charge in [0.25, 0.3) is 11.8 Å². The second kappa shape index (κ2) is 9.47. The molecule has 0 saturated carbocycles. The van der Waals surface area contributed by atoms with Crippen LogP contribution in [0.4, 0.5) is 5.69 Å². The zero-order chi connectivity index (χ0) is 23.5. The molecule has 2 amide bonds. The van der Waals surface area contributed by atoms with E-state index in [1.54, 1.807) is 36.1 Å². The Bertz CT molecular complexity index is 1340. The summed E-state index contributed by atoms with van der Waals surface area (Å²) in [5.41, 5.74) is 3.57. The van der Waals surface area contributed by atoms with Crippen LogP contribution in [0.25, 0.3) is 10.9 Å². The third kappa shape index (κ3) is 4.55. The van der Waals surface area contributed by atoms with Crippen LogP contribution in [0.1, 0.15) is 39.3 Å². The van der Waals surface area contributed by atoms with Gasteiger partial charge in [-0.1, -0.05) is 36.4 Å². The van der Waals surface area contributed by atoms with Gasteiger partial charge in [0.05, 0.1) is 16.8 Å². The van der Waals surface area contributed by atoms with Crippen LogP contribution in [0.5, 0.6) is 0 Å². The number of anilines is 1. The number of pyridine rings is 1. The molecule has 2 aromatic carbocycles. The summed E-state index contributed by atoms with van der Waals surface area (Å²) in [6, 6.07) is 19.2. The summed E-state index contributed by atoms with van der Waals surface area (Å²) in [6.45, 7) is 1.40. The van der Waals surface area contributed by atoms with Crippen LogP contribution < -0.4 is 5.32 Å². The molecule has 1 aliphatic heterocycles. The molecule has 3 heterocycles. The van der Waals surface area contributed by atoms with Crippen molar-refractivity contribution in [3.8, 4) is 0 Å². The molecule has 7 heteroatoms. The average molecular weight is 454 g/mol. The Morgan fingerprint density at radius 1 is 1.06 bits per heavy atom. The van der Waals surface area contributed by atoms with Gasteiger partial charge in [0.2, 0.25) is 0 Å². The van der Waals surface area contributed by atoms with Crippen LogP contribution in [-0.2, 0) is 13.5 Å². The molecule has 2 aromatic heterocycles. The molecule has 5 rings (SSSR count). The zero-order valence-electron chi connectivity index (χ0n) is 19.1. The number of likely N-dealkylation sites (tertiary alicyclic amines) is 1. The molecule has 34 heavy (non-hydrogen) atoms. The van der Waals surface area contributed by atoms with Crippen LogP contribution in [0.3, 0.4) is 0 Å². The van der Waals surface area contributed by atoms with E-state index in [1.807, 2.05) is 29.3 Å². The van der Waals surface area contributed by atoms with Crippen molar-refractivity contribution in [2.24, 2.45) is 13.0 Å². The quantitative estimate of drug-likeness (QED) is 0.488. The second-order valence-corrected chi connectivity index (χ2v) is 8.83. The first-order chi connectivity index (χ1) is 16.6. The van der Waals surface area contributed by atoms with Gasteiger partial charge in [-0.25, -0.2) is 0 Å². The minimum absolute atomic E-state index is 0.0577. The van der Waals surface area contributed by atoms with E-state index >= 15 is 0 Å². The third-order valence-electron chi connectivity index (χ3n) is 6.38. The summed E-state index contributed by atoms with van der Waals surface area (Å²) in [6.07, 6.45) is 6.46. The van der Waals surface area contributed by atoms with Crippen LogP contribution in [-0.4, -0.2) is 44.6 Å². The Morgan fingerprint density at radius 3 is 2.76 bits per heavy atom. The van der Waals surface area contributed by atoms with Crippen molar-refractivity contribution >= 4 is 28.4 Å². The maximum atomic E-state index is 13.5. The molecule has 0 bridgehead atoms. The fourth-order valence-electron chi connectivity index (χ4n) is 4.73. The number of para-hydroxylation sites is 2. The van der Waals surface area contributed by atoms with E-state index in [0.717, 1.165) is 30.2 Å². The molecule has 7 nitrogen and oxygen atoms in total. The number of piperidine rings is 1. The zero-order valence-corrected chi connectivity index (χ0v) is 19.1. The van der Waals surface area contributed by atoms with E-state index in [1.165, 1.54) is 5.56 Å². The van der Waals surface area contributed by atoms with Gasteiger partial charge < -0.3 is 10.2 Å². The number of aromatic nitrogens is 3. The van der Waals surface area contributed by atoms with Gasteiger partial charge in [0, 0.05) is 37.9 Å². The van der Waals surface area contributed by atoms with Crippen LogP contribution in [0, 0.1) is 5.92 Å². The highest BCUT2D eigenvalue weighted by Gasteiger charge is 2.27. The lowest BCUT2D eigenvalue weighted by molar-refractivity contribution is 0.0674. The molecule has 172 valence electrons. The normalized spacial score (nSPS) is 15.9. The number of rotatable bonds is 5. The highest BCUT2D eigenvalue weighted by molar-refractivity contribution is 6.08. The molecule has 0 radical (unpaired) electrons.